The Morgan fingerprint density at radius 3 is 1.93 bits per heavy atom. The number of aliphatic hydroxyl groups excluding tert-OH is 7. The molecule has 5 bridgehead atoms. The number of nitrogens with one attached hydrogen (secondary N) is 4. The maximum absolute atomic E-state index is 14.6. The second-order valence-corrected chi connectivity index (χ2v) is 42.4. The first-order valence-electron chi connectivity index (χ1n) is 51.9. The number of ketones is 2. The quantitative estimate of drug-likeness (QED) is 0.0113. The fraction of sp³-hybridized carbons (Fsp3) is 0.701. The number of esters is 2. The number of amides is 1. The molecule has 13 rings (SSSR count). The molecule has 40 nitrogen and oxygen atoms in total. The summed E-state index contributed by atoms with van der Waals surface area (Å²) in [5.41, 5.74) is -5.03. The van der Waals surface area contributed by atoms with Crippen LogP contribution in [0.2, 0.25) is 0 Å². The molecular weight excluding hydrogens is 1920 g/mol. The van der Waals surface area contributed by atoms with Gasteiger partial charge in [-0.05, 0) is 140 Å². The molecule has 41 heteroatoms. The Labute approximate surface area is 867 Å². The first-order valence-corrected chi connectivity index (χ1v) is 51.9. The van der Waals surface area contributed by atoms with E-state index in [9.17, 15) is 94.1 Å². The van der Waals surface area contributed by atoms with Crippen LogP contribution in [0, 0.1) is 60.1 Å². The van der Waals surface area contributed by atoms with Gasteiger partial charge in [0.1, 0.15) is 64.4 Å². The number of aromatic nitrogens is 1. The van der Waals surface area contributed by atoms with Crippen molar-refractivity contribution in [3.05, 3.63) is 92.8 Å². The summed E-state index contributed by atoms with van der Waals surface area (Å²) in [6.45, 7) is 40.5. The number of carboxylic acid groups (broad SMARTS) is 1. The zero-order valence-electron chi connectivity index (χ0n) is 90.7. The number of fused-ring (bicyclic) bond motifs is 15. The van der Waals surface area contributed by atoms with E-state index in [0.29, 0.717) is 43.8 Å². The van der Waals surface area contributed by atoms with Crippen LogP contribution in [0.15, 0.2) is 64.4 Å². The van der Waals surface area contributed by atoms with E-state index in [1.165, 1.54) is 99.6 Å². The highest BCUT2D eigenvalue weighted by Crippen LogP contribution is 2.56. The molecule has 5 saturated heterocycles. The number of nitrogens with zero attached hydrogens (tertiary/aromatic N) is 6. The number of ether oxygens (including phenoxy) is 10. The summed E-state index contributed by atoms with van der Waals surface area (Å²) in [5, 5.41) is 161. The van der Waals surface area contributed by atoms with Crippen LogP contribution in [0.1, 0.15) is 221 Å². The Balaban J connectivity index is 0.000000245. The molecule has 832 valence electrons. The molecule has 1 amide bonds. The van der Waals surface area contributed by atoms with Gasteiger partial charge in [-0.1, -0.05) is 87.5 Å². The standard InChI is InChI=1S/C43H58N4O12.C37H67NO13.C17H18FN3O3.C10H24N2O2/c1-21-12-11-13-22(2)42(55)45-33-28(20-44-47-17-15-46(9)16-18-47)37(52)30-31(38(33)53)36(51)26(6)40-32(30)41(54)43(8,59-40)57-19-14-29(56-10)23(3)39(58-27(7)48)25(5)35(50)24(4)34(21)49;1-14-25-37(10,45)30(41)20(4)27(39)18(2)16-35(8,44)32(51-34-28(40)24(38(11)12)15-19(3)47-34)21(5)29(22(6)33(43)49-25)50-26-17-36(9,46-13)31(42)23(7)48-26;18-13-7-11-14(8-15(13)20-5-3-19-4-6-20)21(10-1-2-10)9-12(16(11)22)17(23)24;1-3-9(7-13)11-5-6-12-10(4-2)8-14/h11-14,19-21,23-25,29,34-35,39,49-53H,15-18H2,1-10H3,(H,45,55);18-26,28-32,34,40-42,44-45H,14-17H2,1-13H3;7-10,19H,1-6H2,(H,23,24);9-14H,3-8H2,1-2H3/b12-11+,19-14+,22-13-,44-20-;;;/t21-,23-,24+,25+,29-,34+,35+,39+,43-;18-,19?,20+,21+,22-,23?,24?,25-,26?,28?,29+,30-,31?,32-,34?,35-,36?,37-;;9-,10-/m01.0/s1. The predicted molar refractivity (Wildman–Crippen MR) is 554 cm³/mol. The van der Waals surface area contributed by atoms with Crippen LogP contribution >= 0.6 is 0 Å². The van der Waals surface area contributed by atoms with Gasteiger partial charge < -0.3 is 154 Å². The lowest BCUT2D eigenvalue weighted by Gasteiger charge is -2.49. The molecule has 3 aromatic carbocycles. The number of rotatable bonds is 23. The number of hydrazone groups is 1. The van der Waals surface area contributed by atoms with Crippen molar-refractivity contribution in [1.82, 2.24) is 35.3 Å². The van der Waals surface area contributed by atoms with E-state index in [4.69, 9.17) is 57.6 Å². The van der Waals surface area contributed by atoms with Crippen molar-refractivity contribution in [1.29, 1.82) is 0 Å². The number of hydrogen-bond donors (Lipinski definition) is 17. The number of carbonyl (C=O) groups excluding carboxylic acids is 5. The lowest BCUT2D eigenvalue weighted by atomic mass is 9.74. The van der Waals surface area contributed by atoms with E-state index >= 15 is 0 Å². The van der Waals surface area contributed by atoms with Crippen LogP contribution in [-0.4, -0.2) is 368 Å². The number of carbonyl (C=O) groups is 6. The van der Waals surface area contributed by atoms with Crippen LogP contribution in [0.3, 0.4) is 0 Å². The number of halogens is 1. The number of methoxy groups -OCH3 is 2. The van der Waals surface area contributed by atoms with Gasteiger partial charge in [0.15, 0.2) is 18.3 Å². The number of anilines is 2. The van der Waals surface area contributed by atoms with Gasteiger partial charge in [0.25, 0.3) is 11.7 Å². The van der Waals surface area contributed by atoms with Crippen molar-refractivity contribution in [3.8, 4) is 23.0 Å². The first-order chi connectivity index (χ1) is 69.5. The molecule has 29 atom stereocenters. The minimum Gasteiger partial charge on any atom is -0.507 e. The number of cyclic esters (lactones) is 1. The minimum atomic E-state index is -2.04. The lowest BCUT2D eigenvalue weighted by Crippen LogP contribution is -2.61. The molecule has 4 aromatic rings. The maximum Gasteiger partial charge on any atom is 0.341 e. The first kappa shape index (κ1) is 122. The third-order valence-electron chi connectivity index (χ3n) is 30.8. The van der Waals surface area contributed by atoms with Crippen molar-refractivity contribution >= 4 is 74.6 Å². The van der Waals surface area contributed by atoms with E-state index in [2.05, 4.69) is 31.3 Å². The molecule has 9 aliphatic rings. The third kappa shape index (κ3) is 28.7. The highest BCUT2D eigenvalue weighted by Gasteiger charge is 2.56. The molecule has 6 fully saturated rings. The van der Waals surface area contributed by atoms with Crippen LogP contribution in [0.4, 0.5) is 15.8 Å². The fourth-order valence-corrected chi connectivity index (χ4v) is 20.9. The number of phenols is 3. The summed E-state index contributed by atoms with van der Waals surface area (Å²) in [6.07, 6.45) is 0.320. The molecule has 1 aliphatic carbocycles. The Morgan fingerprint density at radius 1 is 0.743 bits per heavy atom. The van der Waals surface area contributed by atoms with Crippen molar-refractivity contribution in [2.45, 2.75) is 322 Å². The van der Waals surface area contributed by atoms with Crippen LogP contribution < -0.4 is 36.3 Å². The molecule has 148 heavy (non-hydrogen) atoms. The number of likely N-dealkylation sites (N-methyl/N-ethyl adjacent to an activating group) is 2. The number of carboxylic acids is 1. The SMILES string of the molecule is CC[C@@H](CO)NCCN[C@@H](CC)CO.CC[C@H]1OC(=O)[C@H](C)[C@@H](OC2CC(C)(OC)C(O)C(C)O2)[C@H](C)[C@@H](OC2OC(C)CC(N(C)C)C2O)[C@](C)(O)C[C@@H](C)C(=O)[C@H](C)[C@@H](O)[C@]1(C)O.CO[C@H]1/C=C/O[C@@]2(C)Oc3c(C)c(O)c4c(O)c(c(/C=N\N5CCN(C)CC5)c(O)c4c3C2=O)NC(=O)/C(C)=C\C=C\[C@H](C)[C@@H](O)[C@@H](C)[C@@H](O)[C@@H](C)[C@H](OC(C)=O)[C@H]1C.O=C(O)c1cn(C2CC2)c2cc(N3CCNCC3)c(F)cc2c1=O. The number of Topliss-reactive ketones (excluding diaryl/α,β-unsaturated/α-hetero) is 2. The lowest BCUT2D eigenvalue weighted by molar-refractivity contribution is -0.318. The van der Waals surface area contributed by atoms with Gasteiger partial charge in [-0.2, -0.15) is 5.10 Å². The second-order valence-electron chi connectivity index (χ2n) is 42.4. The largest absolute Gasteiger partial charge is 0.507 e. The van der Waals surface area contributed by atoms with Crippen molar-refractivity contribution < 1.29 is 147 Å². The molecule has 8 aliphatic heterocycles. The summed E-state index contributed by atoms with van der Waals surface area (Å²) in [5.74, 6) is -15.1. The summed E-state index contributed by atoms with van der Waals surface area (Å²) < 4.78 is 77.1. The van der Waals surface area contributed by atoms with Gasteiger partial charge in [-0.3, -0.25) is 33.8 Å². The summed E-state index contributed by atoms with van der Waals surface area (Å²) in [4.78, 5) is 98.1. The highest BCUT2D eigenvalue weighted by atomic mass is 19.1. The number of aromatic carboxylic acids is 1. The zero-order valence-corrected chi connectivity index (χ0v) is 90.7. The van der Waals surface area contributed by atoms with Gasteiger partial charge in [-0.25, -0.2) is 9.18 Å². The van der Waals surface area contributed by atoms with Gasteiger partial charge in [0.2, 0.25) is 5.43 Å². The van der Waals surface area contributed by atoms with Gasteiger partial charge in [0.05, 0.1) is 125 Å². The van der Waals surface area contributed by atoms with Crippen molar-refractivity contribution in [3.63, 3.8) is 0 Å². The number of pyridine rings is 1. The summed E-state index contributed by atoms with van der Waals surface area (Å²) >= 11 is 0. The molecular formula is C107H167FN10O30. The monoisotopic (exact) mass is 2090 g/mol. The highest BCUT2D eigenvalue weighted by molar-refractivity contribution is 6.24. The van der Waals surface area contributed by atoms with E-state index in [0.717, 1.165) is 65.0 Å². The van der Waals surface area contributed by atoms with E-state index in [-0.39, 0.29) is 118 Å². The molecule has 0 radical (unpaired) electrons. The molecule has 9 heterocycles. The molecule has 1 saturated carbocycles. The average Bonchev–Trinajstić information content (AvgIpc) is 1.53. The van der Waals surface area contributed by atoms with Gasteiger partial charge in [-0.15, -0.1) is 0 Å². The summed E-state index contributed by atoms with van der Waals surface area (Å²) in [7, 11) is 8.60. The number of aliphatic hydroxyl groups is 9. The van der Waals surface area contributed by atoms with Crippen LogP contribution in [0.5, 0.6) is 23.0 Å². The van der Waals surface area contributed by atoms with Gasteiger partial charge in [0, 0.05) is 194 Å². The van der Waals surface area contributed by atoms with Crippen molar-refractivity contribution in [2.75, 3.05) is 124 Å². The Morgan fingerprint density at radius 2 is 1.36 bits per heavy atom. The summed E-state index contributed by atoms with van der Waals surface area (Å²) in [6, 6.07) is 3.15. The topological polar surface area (TPSA) is 553 Å². The predicted octanol–water partition coefficient (Wildman–Crippen LogP) is 7.41. The van der Waals surface area contributed by atoms with Crippen molar-refractivity contribution in [2.24, 2.45) is 52.4 Å². The van der Waals surface area contributed by atoms with Gasteiger partial charge >= 0.3 is 23.7 Å². The minimum absolute atomic E-state index is 0.0559. The number of hydrogen-bond acceptors (Lipinski definition) is 37. The smallest absolute Gasteiger partial charge is 0.341 e. The molecule has 8 unspecified atom stereocenters. The maximum atomic E-state index is 14.6. The third-order valence-corrected chi connectivity index (χ3v) is 30.8. The number of phenolic OH excluding ortho intramolecular Hbond substituents is 3. The van der Waals surface area contributed by atoms with E-state index < -0.39 is 214 Å². The fourth-order valence-electron chi connectivity index (χ4n) is 20.9. The second kappa shape index (κ2) is 53.0. The molecule has 17 N–H and O–H groups in total. The molecule has 1 aromatic heterocycles. The number of benzene rings is 3. The number of piperazine rings is 2. The number of allylic oxidation sites excluding steroid dienone is 2. The Kier molecular flexibility index (Phi) is 43.9. The van der Waals surface area contributed by atoms with E-state index in [1.54, 1.807) is 92.5 Å². The average molecular weight is 2090 g/mol. The Hall–Kier alpha value is -9.03. The van der Waals surface area contributed by atoms with Crippen LogP contribution in [0.25, 0.3) is 21.7 Å². The Bertz CT molecular complexity index is 5330. The number of aromatic hydroxyl groups is 3. The van der Waals surface area contributed by atoms with E-state index in [1.807, 2.05) is 56.3 Å². The zero-order chi connectivity index (χ0) is 110. The van der Waals surface area contributed by atoms with Crippen LogP contribution in [-0.2, 0) is 61.8 Å². The molecule has 0 spiro atoms. The normalized spacial score (nSPS) is 34.3.